The summed E-state index contributed by atoms with van der Waals surface area (Å²) in [7, 11) is 0. The number of benzene rings is 2. The number of allylic oxidation sites excluding steroid dienone is 6. The maximum atomic E-state index is 15.1. The number of hydrogen-bond donors (Lipinski definition) is 0. The SMILES string of the molecule is C/C=C\C=C/c1oc(-c2cccc(C)c2)nc1/C=C/C(C(F)(F)F)(C(F)(F)F)C1(C)C=CC=c2oc(-c3cccc(C)c3)nc2=C1. The van der Waals surface area contributed by atoms with Crippen LogP contribution in [0.2, 0.25) is 0 Å². The molecule has 10 heteroatoms. The van der Waals surface area contributed by atoms with Crippen LogP contribution in [0.25, 0.3) is 47.2 Å². The van der Waals surface area contributed by atoms with Gasteiger partial charge < -0.3 is 8.83 Å². The summed E-state index contributed by atoms with van der Waals surface area (Å²) in [6.07, 6.45) is -0.269. The Morgan fingerprint density at radius 1 is 0.783 bits per heavy atom. The minimum absolute atomic E-state index is 0.00966. The van der Waals surface area contributed by atoms with Crippen LogP contribution in [0.4, 0.5) is 26.3 Å². The number of halogens is 6. The van der Waals surface area contributed by atoms with Gasteiger partial charge in [0.1, 0.15) is 11.0 Å². The summed E-state index contributed by atoms with van der Waals surface area (Å²) in [6.45, 7) is 6.31. The van der Waals surface area contributed by atoms with Gasteiger partial charge in [-0.05, 0) is 69.3 Å². The van der Waals surface area contributed by atoms with Gasteiger partial charge in [-0.1, -0.05) is 78.8 Å². The predicted molar refractivity (Wildman–Crippen MR) is 166 cm³/mol. The Labute approximate surface area is 261 Å². The number of aromatic nitrogens is 2. The van der Waals surface area contributed by atoms with E-state index in [1.807, 2.05) is 26.0 Å². The van der Waals surface area contributed by atoms with Crippen LogP contribution in [0.15, 0.2) is 93.8 Å². The lowest BCUT2D eigenvalue weighted by molar-refractivity contribution is -0.340. The van der Waals surface area contributed by atoms with Crippen molar-refractivity contribution in [3.05, 3.63) is 118 Å². The van der Waals surface area contributed by atoms with E-state index >= 15 is 26.3 Å². The third-order valence-electron chi connectivity index (χ3n) is 7.81. The van der Waals surface area contributed by atoms with E-state index in [4.69, 9.17) is 8.83 Å². The van der Waals surface area contributed by atoms with Gasteiger partial charge in [-0.2, -0.15) is 26.3 Å². The fourth-order valence-corrected chi connectivity index (χ4v) is 5.46. The van der Waals surface area contributed by atoms with Gasteiger partial charge in [0.2, 0.25) is 11.8 Å². The van der Waals surface area contributed by atoms with Crippen molar-refractivity contribution in [2.45, 2.75) is 40.0 Å². The van der Waals surface area contributed by atoms with Crippen molar-refractivity contribution >= 4 is 24.3 Å². The molecule has 0 amide bonds. The summed E-state index contributed by atoms with van der Waals surface area (Å²) in [6, 6.07) is 14.0. The second kappa shape index (κ2) is 12.2. The lowest BCUT2D eigenvalue weighted by atomic mass is 9.62. The zero-order valence-corrected chi connectivity index (χ0v) is 25.4. The maximum absolute atomic E-state index is 15.1. The molecular weight excluding hydrogens is 606 g/mol. The molecule has 0 bridgehead atoms. The van der Waals surface area contributed by atoms with Crippen molar-refractivity contribution in [1.82, 2.24) is 9.97 Å². The lowest BCUT2D eigenvalue weighted by Gasteiger charge is -2.45. The summed E-state index contributed by atoms with van der Waals surface area (Å²) >= 11 is 0. The second-order valence-corrected chi connectivity index (χ2v) is 11.3. The third kappa shape index (κ3) is 6.03. The third-order valence-corrected chi connectivity index (χ3v) is 7.81. The quantitative estimate of drug-likeness (QED) is 0.150. The van der Waals surface area contributed by atoms with Crippen LogP contribution in [-0.4, -0.2) is 22.3 Å². The fourth-order valence-electron chi connectivity index (χ4n) is 5.46. The van der Waals surface area contributed by atoms with Gasteiger partial charge in [-0.15, -0.1) is 0 Å². The summed E-state index contributed by atoms with van der Waals surface area (Å²) in [5.74, 6) is 0.109. The highest BCUT2D eigenvalue weighted by atomic mass is 19.4. The van der Waals surface area contributed by atoms with Crippen LogP contribution in [0.1, 0.15) is 36.4 Å². The van der Waals surface area contributed by atoms with E-state index in [0.29, 0.717) is 11.1 Å². The molecule has 0 saturated heterocycles. The summed E-state index contributed by atoms with van der Waals surface area (Å²) < 4.78 is 102. The van der Waals surface area contributed by atoms with E-state index < -0.39 is 23.2 Å². The Bertz CT molecular complexity index is 1970. The van der Waals surface area contributed by atoms with Crippen LogP contribution < -0.4 is 10.8 Å². The molecule has 1 unspecified atom stereocenters. The minimum atomic E-state index is -5.81. The Kier molecular flexibility index (Phi) is 8.59. The number of hydrogen-bond acceptors (Lipinski definition) is 4. The molecule has 0 N–H and O–H groups in total. The van der Waals surface area contributed by atoms with Crippen molar-refractivity contribution in [3.8, 4) is 22.9 Å². The average Bonchev–Trinajstić information content (AvgIpc) is 3.52. The van der Waals surface area contributed by atoms with Gasteiger partial charge in [0, 0.05) is 16.5 Å². The van der Waals surface area contributed by atoms with Gasteiger partial charge in [-0.3, -0.25) is 0 Å². The molecule has 2 aromatic carbocycles. The molecule has 2 aromatic heterocycles. The highest BCUT2D eigenvalue weighted by Crippen LogP contribution is 2.62. The molecule has 1 aliphatic rings. The molecule has 0 fully saturated rings. The highest BCUT2D eigenvalue weighted by molar-refractivity contribution is 5.66. The molecule has 0 saturated carbocycles. The summed E-state index contributed by atoms with van der Waals surface area (Å²) in [4.78, 5) is 8.63. The van der Waals surface area contributed by atoms with E-state index in [1.54, 1.807) is 61.5 Å². The number of fused-ring (bicyclic) bond motifs is 1. The normalized spacial score (nSPS) is 17.4. The molecule has 0 aliphatic heterocycles. The molecule has 5 rings (SSSR count). The topological polar surface area (TPSA) is 52.1 Å². The van der Waals surface area contributed by atoms with Gasteiger partial charge in [0.15, 0.2) is 16.6 Å². The van der Waals surface area contributed by atoms with Crippen molar-refractivity contribution in [3.63, 3.8) is 0 Å². The molecule has 238 valence electrons. The van der Waals surface area contributed by atoms with Crippen LogP contribution in [0, 0.1) is 24.7 Å². The molecule has 0 spiro atoms. The first-order chi connectivity index (χ1) is 21.7. The van der Waals surface area contributed by atoms with Crippen LogP contribution >= 0.6 is 0 Å². The minimum Gasteiger partial charge on any atom is -0.436 e. The smallest absolute Gasteiger partial charge is 0.407 e. The predicted octanol–water partition coefficient (Wildman–Crippen LogP) is 9.16. The Balaban J connectivity index is 1.71. The molecular formula is C36H30F6N2O2. The Hall–Kier alpha value is -4.86. The Morgan fingerprint density at radius 2 is 1.39 bits per heavy atom. The van der Waals surface area contributed by atoms with E-state index in [-0.39, 0.29) is 40.1 Å². The monoisotopic (exact) mass is 636 g/mol. The van der Waals surface area contributed by atoms with Crippen molar-refractivity contribution in [2.24, 2.45) is 10.8 Å². The van der Waals surface area contributed by atoms with E-state index in [9.17, 15) is 0 Å². The average molecular weight is 637 g/mol. The van der Waals surface area contributed by atoms with Gasteiger partial charge in [0.25, 0.3) is 0 Å². The molecule has 1 atom stereocenters. The van der Waals surface area contributed by atoms with Crippen molar-refractivity contribution in [1.29, 1.82) is 0 Å². The highest BCUT2D eigenvalue weighted by Gasteiger charge is 2.75. The molecule has 4 nitrogen and oxygen atoms in total. The van der Waals surface area contributed by atoms with E-state index in [1.165, 1.54) is 12.2 Å². The second-order valence-electron chi connectivity index (χ2n) is 11.3. The largest absolute Gasteiger partial charge is 0.436 e. The Morgan fingerprint density at radius 3 is 1.96 bits per heavy atom. The number of alkyl halides is 6. The van der Waals surface area contributed by atoms with Crippen LogP contribution in [-0.2, 0) is 0 Å². The number of rotatable bonds is 7. The summed E-state index contributed by atoms with van der Waals surface area (Å²) in [5, 5.41) is -0.145. The van der Waals surface area contributed by atoms with Crippen LogP contribution in [0.3, 0.4) is 0 Å². The number of nitrogens with zero attached hydrogens (tertiary/aromatic N) is 2. The first kappa shape index (κ1) is 32.5. The van der Waals surface area contributed by atoms with Gasteiger partial charge in [-0.25, -0.2) is 9.97 Å². The zero-order valence-electron chi connectivity index (χ0n) is 25.4. The van der Waals surface area contributed by atoms with Crippen molar-refractivity contribution in [2.75, 3.05) is 0 Å². The number of oxazole rings is 2. The number of aryl methyl sites for hydroxylation is 2. The van der Waals surface area contributed by atoms with Crippen LogP contribution in [0.5, 0.6) is 0 Å². The summed E-state index contributed by atoms with van der Waals surface area (Å²) in [5.41, 5.74) is -4.48. The molecule has 4 aromatic rings. The first-order valence-electron chi connectivity index (χ1n) is 14.3. The van der Waals surface area contributed by atoms with Gasteiger partial charge in [0.05, 0.1) is 0 Å². The lowest BCUT2D eigenvalue weighted by Crippen LogP contribution is -2.57. The van der Waals surface area contributed by atoms with E-state index in [0.717, 1.165) is 42.4 Å². The zero-order chi connectivity index (χ0) is 33.3. The molecule has 46 heavy (non-hydrogen) atoms. The standard InChI is InChI=1S/C36H30F6N2O2/c1-5-6-7-15-29-27(43-31(45-29)25-13-8-11-23(2)20-25)17-19-34(35(37,38)39,36(40,41)42)33(4)18-10-16-30-28(22-33)44-32(46-30)26-14-9-12-24(3)21-26/h5-22H,1-4H3/b6-5-,15-7-,19-17+. The molecule has 1 aliphatic carbocycles. The molecule has 0 radical (unpaired) electrons. The van der Waals surface area contributed by atoms with Gasteiger partial charge >= 0.3 is 12.4 Å². The molecule has 2 heterocycles. The van der Waals surface area contributed by atoms with Crippen molar-refractivity contribution < 1.29 is 35.2 Å². The maximum Gasteiger partial charge on any atom is 0.407 e. The first-order valence-corrected chi connectivity index (χ1v) is 14.3. The fraction of sp³-hybridized carbons (Fsp3) is 0.222. The van der Waals surface area contributed by atoms with E-state index in [2.05, 4.69) is 9.97 Å².